The molecular formula is C10H15FN2O. The molecular weight excluding hydrogens is 183 g/mol. The lowest BCUT2D eigenvalue weighted by Gasteiger charge is -2.15. The molecule has 1 rings (SSSR count). The summed E-state index contributed by atoms with van der Waals surface area (Å²) in [5, 5.41) is 11.7. The number of nitrogen functional groups attached to an aromatic ring is 1. The van der Waals surface area contributed by atoms with Crippen LogP contribution in [0, 0.1) is 5.82 Å². The zero-order valence-corrected chi connectivity index (χ0v) is 8.13. The fourth-order valence-electron chi connectivity index (χ4n) is 1.19. The van der Waals surface area contributed by atoms with Crippen molar-refractivity contribution in [2.24, 2.45) is 0 Å². The van der Waals surface area contributed by atoms with E-state index < -0.39 is 5.82 Å². The van der Waals surface area contributed by atoms with Gasteiger partial charge in [-0.2, -0.15) is 0 Å². The molecule has 78 valence electrons. The van der Waals surface area contributed by atoms with Gasteiger partial charge in [-0.15, -0.1) is 0 Å². The van der Waals surface area contributed by atoms with Gasteiger partial charge in [0.25, 0.3) is 0 Å². The Morgan fingerprint density at radius 3 is 2.93 bits per heavy atom. The molecule has 4 heteroatoms. The fourth-order valence-corrected chi connectivity index (χ4v) is 1.19. The van der Waals surface area contributed by atoms with Crippen molar-refractivity contribution < 1.29 is 9.50 Å². The molecule has 0 spiro atoms. The van der Waals surface area contributed by atoms with Gasteiger partial charge in [0, 0.05) is 12.6 Å². The lowest BCUT2D eigenvalue weighted by Crippen LogP contribution is -2.17. The van der Waals surface area contributed by atoms with Crippen LogP contribution in [0.1, 0.15) is 13.3 Å². The Bertz CT molecular complexity index is 304. The van der Waals surface area contributed by atoms with E-state index in [0.717, 1.165) is 0 Å². The maximum atomic E-state index is 13.0. The van der Waals surface area contributed by atoms with Crippen molar-refractivity contribution in [3.05, 3.63) is 24.0 Å². The van der Waals surface area contributed by atoms with Gasteiger partial charge in [-0.3, -0.25) is 0 Å². The van der Waals surface area contributed by atoms with Crippen molar-refractivity contribution in [3.8, 4) is 0 Å². The largest absolute Gasteiger partial charge is 0.396 e. The molecule has 0 fully saturated rings. The molecule has 0 saturated heterocycles. The van der Waals surface area contributed by atoms with Crippen LogP contribution in [-0.4, -0.2) is 17.8 Å². The first-order chi connectivity index (χ1) is 6.65. The van der Waals surface area contributed by atoms with Crippen molar-refractivity contribution in [1.29, 1.82) is 0 Å². The highest BCUT2D eigenvalue weighted by Crippen LogP contribution is 2.22. The summed E-state index contributed by atoms with van der Waals surface area (Å²) in [6.07, 6.45) is 0.607. The number of aliphatic hydroxyl groups is 1. The summed E-state index contributed by atoms with van der Waals surface area (Å²) < 4.78 is 13.0. The standard InChI is InChI=1S/C10H15FN2O/c1-7(5-6-14)13-9-4-2-3-8(11)10(9)12/h2-4,7,13-14H,5-6,12H2,1H3. The lowest BCUT2D eigenvalue weighted by atomic mass is 10.2. The van der Waals surface area contributed by atoms with Crippen LogP contribution in [0.2, 0.25) is 0 Å². The van der Waals surface area contributed by atoms with Crippen LogP contribution < -0.4 is 11.1 Å². The minimum atomic E-state index is -0.425. The Morgan fingerprint density at radius 2 is 2.29 bits per heavy atom. The number of hydrogen-bond donors (Lipinski definition) is 3. The van der Waals surface area contributed by atoms with E-state index in [-0.39, 0.29) is 18.3 Å². The predicted molar refractivity (Wildman–Crippen MR) is 55.6 cm³/mol. The van der Waals surface area contributed by atoms with Crippen molar-refractivity contribution in [3.63, 3.8) is 0 Å². The van der Waals surface area contributed by atoms with Gasteiger partial charge in [-0.05, 0) is 25.5 Å². The van der Waals surface area contributed by atoms with Crippen LogP contribution in [-0.2, 0) is 0 Å². The van der Waals surface area contributed by atoms with Crippen LogP contribution in [0.15, 0.2) is 18.2 Å². The van der Waals surface area contributed by atoms with Crippen LogP contribution in [0.3, 0.4) is 0 Å². The second-order valence-electron chi connectivity index (χ2n) is 3.26. The van der Waals surface area contributed by atoms with E-state index in [2.05, 4.69) is 5.32 Å². The third kappa shape index (κ3) is 2.60. The predicted octanol–water partition coefficient (Wildman–Crippen LogP) is 1.59. The van der Waals surface area contributed by atoms with Gasteiger partial charge in [-0.25, -0.2) is 4.39 Å². The SMILES string of the molecule is CC(CCO)Nc1cccc(F)c1N. The van der Waals surface area contributed by atoms with Gasteiger partial charge in [0.2, 0.25) is 0 Å². The Balaban J connectivity index is 2.71. The van der Waals surface area contributed by atoms with Gasteiger partial charge in [0.1, 0.15) is 5.82 Å². The lowest BCUT2D eigenvalue weighted by molar-refractivity contribution is 0.282. The Morgan fingerprint density at radius 1 is 1.57 bits per heavy atom. The van der Waals surface area contributed by atoms with Gasteiger partial charge in [0.15, 0.2) is 0 Å². The van der Waals surface area contributed by atoms with Gasteiger partial charge >= 0.3 is 0 Å². The van der Waals surface area contributed by atoms with E-state index in [4.69, 9.17) is 10.8 Å². The second-order valence-corrected chi connectivity index (χ2v) is 3.26. The van der Waals surface area contributed by atoms with E-state index in [1.165, 1.54) is 6.07 Å². The molecule has 1 aromatic rings. The first kappa shape index (κ1) is 10.8. The van der Waals surface area contributed by atoms with E-state index in [9.17, 15) is 4.39 Å². The summed E-state index contributed by atoms with van der Waals surface area (Å²) in [7, 11) is 0. The normalized spacial score (nSPS) is 12.5. The molecule has 0 aromatic heterocycles. The van der Waals surface area contributed by atoms with Crippen LogP contribution in [0.25, 0.3) is 0 Å². The summed E-state index contributed by atoms with van der Waals surface area (Å²) in [4.78, 5) is 0. The monoisotopic (exact) mass is 198 g/mol. The third-order valence-electron chi connectivity index (χ3n) is 2.02. The van der Waals surface area contributed by atoms with E-state index in [1.807, 2.05) is 6.92 Å². The fraction of sp³-hybridized carbons (Fsp3) is 0.400. The van der Waals surface area contributed by atoms with Crippen molar-refractivity contribution in [2.45, 2.75) is 19.4 Å². The second kappa shape index (κ2) is 4.81. The summed E-state index contributed by atoms with van der Waals surface area (Å²) in [5.74, 6) is -0.425. The number of hydrogen-bond acceptors (Lipinski definition) is 3. The number of para-hydroxylation sites is 1. The zero-order valence-electron chi connectivity index (χ0n) is 8.13. The van der Waals surface area contributed by atoms with Crippen molar-refractivity contribution >= 4 is 11.4 Å². The molecule has 0 aliphatic carbocycles. The van der Waals surface area contributed by atoms with Gasteiger partial charge < -0.3 is 16.2 Å². The Kier molecular flexibility index (Phi) is 3.71. The third-order valence-corrected chi connectivity index (χ3v) is 2.02. The molecule has 1 unspecified atom stereocenters. The minimum Gasteiger partial charge on any atom is -0.396 e. The molecule has 0 aliphatic rings. The smallest absolute Gasteiger partial charge is 0.148 e. The molecule has 1 aromatic carbocycles. The summed E-state index contributed by atoms with van der Waals surface area (Å²) in [6, 6.07) is 4.70. The maximum absolute atomic E-state index is 13.0. The molecule has 0 saturated carbocycles. The number of nitrogens with two attached hydrogens (primary N) is 1. The van der Waals surface area contributed by atoms with E-state index in [0.29, 0.717) is 12.1 Å². The molecule has 14 heavy (non-hydrogen) atoms. The van der Waals surface area contributed by atoms with Crippen LogP contribution in [0.5, 0.6) is 0 Å². The average Bonchev–Trinajstić information content (AvgIpc) is 2.13. The number of aliphatic hydroxyl groups excluding tert-OH is 1. The van der Waals surface area contributed by atoms with Crippen molar-refractivity contribution in [1.82, 2.24) is 0 Å². The van der Waals surface area contributed by atoms with E-state index in [1.54, 1.807) is 12.1 Å². The van der Waals surface area contributed by atoms with Crippen LogP contribution in [0.4, 0.5) is 15.8 Å². The molecule has 4 N–H and O–H groups in total. The van der Waals surface area contributed by atoms with E-state index >= 15 is 0 Å². The van der Waals surface area contributed by atoms with Crippen molar-refractivity contribution in [2.75, 3.05) is 17.7 Å². The first-order valence-electron chi connectivity index (χ1n) is 4.56. The summed E-state index contributed by atoms with van der Waals surface area (Å²) >= 11 is 0. The quantitative estimate of drug-likeness (QED) is 0.644. The average molecular weight is 198 g/mol. The van der Waals surface area contributed by atoms with Gasteiger partial charge in [0.05, 0.1) is 11.4 Å². The summed E-state index contributed by atoms with van der Waals surface area (Å²) in [5.41, 5.74) is 6.22. The Labute approximate surface area is 82.7 Å². The number of anilines is 2. The number of rotatable bonds is 4. The number of benzene rings is 1. The molecule has 0 heterocycles. The van der Waals surface area contributed by atoms with Gasteiger partial charge in [-0.1, -0.05) is 6.07 Å². The number of nitrogens with one attached hydrogen (secondary N) is 1. The highest BCUT2D eigenvalue weighted by molar-refractivity contribution is 5.66. The maximum Gasteiger partial charge on any atom is 0.148 e. The molecule has 0 aliphatic heterocycles. The molecule has 0 radical (unpaired) electrons. The summed E-state index contributed by atoms with van der Waals surface area (Å²) in [6.45, 7) is 2.00. The van der Waals surface area contributed by atoms with Crippen LogP contribution >= 0.6 is 0 Å². The number of halogens is 1. The highest BCUT2D eigenvalue weighted by Gasteiger charge is 2.06. The minimum absolute atomic E-state index is 0.0732. The molecule has 1 atom stereocenters. The molecule has 0 amide bonds. The molecule has 3 nitrogen and oxygen atoms in total. The first-order valence-corrected chi connectivity index (χ1v) is 4.56. The molecule has 0 bridgehead atoms. The Hall–Kier alpha value is -1.29. The highest BCUT2D eigenvalue weighted by atomic mass is 19.1. The zero-order chi connectivity index (χ0) is 10.6. The topological polar surface area (TPSA) is 58.3 Å².